The van der Waals surface area contributed by atoms with Crippen molar-refractivity contribution in [1.29, 1.82) is 0 Å². The van der Waals surface area contributed by atoms with E-state index in [1.807, 2.05) is 0 Å². The number of nitrogens with zero attached hydrogens (tertiary/aromatic N) is 2. The molecule has 2 heterocycles. The summed E-state index contributed by atoms with van der Waals surface area (Å²) >= 11 is 0. The van der Waals surface area contributed by atoms with E-state index < -0.39 is 11.9 Å². The van der Waals surface area contributed by atoms with E-state index in [0.29, 0.717) is 37.4 Å². The number of amides is 1. The molecular weight excluding hydrogens is 415 g/mol. The standard InChI is InChI=1S/C21H22F3N3O4/c1-12-17(19(28)26-18(25-12)13-5-6-13)20(29)27-9-7-14(8-10-27)30-15-3-2-4-16(11-15)31-21(22,23)24/h2-4,11,13-14H,5-10H2,1H3,(H,25,26,28). The normalized spacial score (nSPS) is 17.5. The lowest BCUT2D eigenvalue weighted by Crippen LogP contribution is -2.44. The number of benzene rings is 1. The maximum atomic E-state index is 12.9. The SMILES string of the molecule is Cc1[nH]c(C2CC2)nc(=O)c1C(=O)N1CCC(Oc2cccc(OC(F)(F)F)c2)CC1. The van der Waals surface area contributed by atoms with Crippen molar-refractivity contribution in [1.82, 2.24) is 14.9 Å². The van der Waals surface area contributed by atoms with Gasteiger partial charge in [-0.05, 0) is 31.9 Å². The van der Waals surface area contributed by atoms with Crippen molar-refractivity contribution >= 4 is 5.91 Å². The van der Waals surface area contributed by atoms with Crippen LogP contribution in [0.25, 0.3) is 0 Å². The number of carbonyl (C=O) groups is 1. The number of H-pyrrole nitrogens is 1. The van der Waals surface area contributed by atoms with Gasteiger partial charge in [0.2, 0.25) is 0 Å². The van der Waals surface area contributed by atoms with Crippen LogP contribution in [-0.2, 0) is 0 Å². The van der Waals surface area contributed by atoms with E-state index in [0.717, 1.165) is 12.8 Å². The second-order valence-electron chi connectivity index (χ2n) is 7.83. The van der Waals surface area contributed by atoms with Gasteiger partial charge in [0.25, 0.3) is 11.5 Å². The average molecular weight is 437 g/mol. The number of aromatic amines is 1. The summed E-state index contributed by atoms with van der Waals surface area (Å²) < 4.78 is 46.8. The highest BCUT2D eigenvalue weighted by Gasteiger charge is 2.32. The molecule has 0 radical (unpaired) electrons. The van der Waals surface area contributed by atoms with E-state index >= 15 is 0 Å². The molecule has 166 valence electrons. The van der Waals surface area contributed by atoms with Crippen LogP contribution in [0.1, 0.15) is 53.5 Å². The van der Waals surface area contributed by atoms with Gasteiger partial charge in [-0.3, -0.25) is 9.59 Å². The van der Waals surface area contributed by atoms with Crippen LogP contribution in [0.4, 0.5) is 13.2 Å². The minimum absolute atomic E-state index is 0.0563. The number of hydrogen-bond donors (Lipinski definition) is 1. The zero-order chi connectivity index (χ0) is 22.2. The van der Waals surface area contributed by atoms with E-state index in [1.165, 1.54) is 18.2 Å². The third-order valence-electron chi connectivity index (χ3n) is 5.38. The van der Waals surface area contributed by atoms with Crippen LogP contribution in [0.2, 0.25) is 0 Å². The summed E-state index contributed by atoms with van der Waals surface area (Å²) in [6, 6.07) is 5.35. The first-order valence-corrected chi connectivity index (χ1v) is 10.1. The van der Waals surface area contributed by atoms with E-state index in [1.54, 1.807) is 17.9 Å². The molecule has 4 rings (SSSR count). The number of rotatable bonds is 5. The first-order chi connectivity index (χ1) is 14.7. The fourth-order valence-electron chi connectivity index (χ4n) is 3.68. The highest BCUT2D eigenvalue weighted by atomic mass is 19.4. The van der Waals surface area contributed by atoms with Crippen LogP contribution in [0.5, 0.6) is 11.5 Å². The first kappa shape index (κ1) is 21.2. The quantitative estimate of drug-likeness (QED) is 0.774. The Balaban J connectivity index is 1.36. The molecule has 7 nitrogen and oxygen atoms in total. The molecule has 1 amide bonds. The first-order valence-electron chi connectivity index (χ1n) is 10.1. The summed E-state index contributed by atoms with van der Waals surface area (Å²) in [5.41, 5.74) is 0.0653. The molecular formula is C21H22F3N3O4. The number of ether oxygens (including phenoxy) is 2. The van der Waals surface area contributed by atoms with Crippen molar-refractivity contribution in [3.05, 3.63) is 51.7 Å². The van der Waals surface area contributed by atoms with Crippen LogP contribution >= 0.6 is 0 Å². The van der Waals surface area contributed by atoms with Crippen LogP contribution in [0.15, 0.2) is 29.1 Å². The molecule has 2 fully saturated rings. The average Bonchev–Trinajstić information content (AvgIpc) is 3.52. The number of nitrogens with one attached hydrogen (secondary N) is 1. The van der Waals surface area contributed by atoms with E-state index in [9.17, 15) is 22.8 Å². The Bertz CT molecular complexity index is 1030. The van der Waals surface area contributed by atoms with Crippen LogP contribution in [0, 0.1) is 6.92 Å². The molecule has 0 bridgehead atoms. The predicted molar refractivity (Wildman–Crippen MR) is 104 cm³/mol. The van der Waals surface area contributed by atoms with Gasteiger partial charge in [-0.25, -0.2) is 0 Å². The van der Waals surface area contributed by atoms with Crippen molar-refractivity contribution in [2.45, 2.75) is 51.0 Å². The van der Waals surface area contributed by atoms with Crippen LogP contribution in [0.3, 0.4) is 0 Å². The molecule has 2 aromatic rings. The lowest BCUT2D eigenvalue weighted by Gasteiger charge is -2.32. The Kier molecular flexibility index (Phi) is 5.63. The molecule has 0 unspecified atom stereocenters. The van der Waals surface area contributed by atoms with Gasteiger partial charge in [-0.2, -0.15) is 4.98 Å². The van der Waals surface area contributed by atoms with E-state index in [2.05, 4.69) is 14.7 Å². The topological polar surface area (TPSA) is 84.5 Å². The van der Waals surface area contributed by atoms with Gasteiger partial charge >= 0.3 is 6.36 Å². The molecule has 1 aromatic carbocycles. The number of aryl methyl sites for hydroxylation is 1. The van der Waals surface area contributed by atoms with Gasteiger partial charge in [-0.15, -0.1) is 13.2 Å². The van der Waals surface area contributed by atoms with Gasteiger partial charge in [0.05, 0.1) is 0 Å². The van der Waals surface area contributed by atoms with Crippen molar-refractivity contribution in [3.63, 3.8) is 0 Å². The van der Waals surface area contributed by atoms with Crippen molar-refractivity contribution in [2.24, 2.45) is 0 Å². The number of piperidine rings is 1. The Labute approximate surface area is 176 Å². The molecule has 0 atom stereocenters. The molecule has 2 aliphatic rings. The van der Waals surface area contributed by atoms with Crippen LogP contribution < -0.4 is 15.0 Å². The number of aromatic nitrogens is 2. The molecule has 10 heteroatoms. The van der Waals surface area contributed by atoms with Gasteiger partial charge in [0, 0.05) is 43.6 Å². The van der Waals surface area contributed by atoms with E-state index in [4.69, 9.17) is 4.74 Å². The molecule has 31 heavy (non-hydrogen) atoms. The number of alkyl halides is 3. The summed E-state index contributed by atoms with van der Waals surface area (Å²) in [4.78, 5) is 34.0. The maximum absolute atomic E-state index is 12.9. The van der Waals surface area contributed by atoms with Gasteiger partial charge in [-0.1, -0.05) is 6.07 Å². The lowest BCUT2D eigenvalue weighted by atomic mass is 10.1. The number of carbonyl (C=O) groups excluding carboxylic acids is 1. The smallest absolute Gasteiger partial charge is 0.490 e. The zero-order valence-corrected chi connectivity index (χ0v) is 16.9. The Morgan fingerprint density at radius 2 is 1.84 bits per heavy atom. The molecule has 1 aromatic heterocycles. The number of likely N-dealkylation sites (tertiary alicyclic amines) is 1. The fraction of sp³-hybridized carbons (Fsp3) is 0.476. The highest BCUT2D eigenvalue weighted by molar-refractivity contribution is 5.94. The molecule has 1 aliphatic heterocycles. The van der Waals surface area contributed by atoms with E-state index in [-0.39, 0.29) is 35.0 Å². The van der Waals surface area contributed by atoms with Crippen molar-refractivity contribution < 1.29 is 27.4 Å². The fourth-order valence-corrected chi connectivity index (χ4v) is 3.68. The Morgan fingerprint density at radius 1 is 1.16 bits per heavy atom. The maximum Gasteiger partial charge on any atom is 0.573 e. The molecule has 1 aliphatic carbocycles. The minimum Gasteiger partial charge on any atom is -0.490 e. The second-order valence-corrected chi connectivity index (χ2v) is 7.83. The Morgan fingerprint density at radius 3 is 2.45 bits per heavy atom. The van der Waals surface area contributed by atoms with Crippen molar-refractivity contribution in [3.8, 4) is 11.5 Å². The third kappa shape index (κ3) is 5.18. The zero-order valence-electron chi connectivity index (χ0n) is 16.9. The summed E-state index contributed by atoms with van der Waals surface area (Å²) in [5.74, 6) is 0.465. The highest BCUT2D eigenvalue weighted by Crippen LogP contribution is 2.37. The van der Waals surface area contributed by atoms with Crippen LogP contribution in [-0.4, -0.2) is 46.3 Å². The lowest BCUT2D eigenvalue weighted by molar-refractivity contribution is -0.274. The Hall–Kier alpha value is -3.04. The third-order valence-corrected chi connectivity index (χ3v) is 5.38. The van der Waals surface area contributed by atoms with Gasteiger partial charge in [0.15, 0.2) is 0 Å². The number of halogens is 3. The predicted octanol–water partition coefficient (Wildman–Crippen LogP) is 3.54. The monoisotopic (exact) mass is 437 g/mol. The second kappa shape index (κ2) is 8.24. The van der Waals surface area contributed by atoms with Crippen molar-refractivity contribution in [2.75, 3.05) is 13.1 Å². The summed E-state index contributed by atoms with van der Waals surface area (Å²) in [7, 11) is 0. The summed E-state index contributed by atoms with van der Waals surface area (Å²) in [5, 5.41) is 0. The molecule has 1 saturated heterocycles. The summed E-state index contributed by atoms with van der Waals surface area (Å²) in [6.07, 6.45) is -2.07. The molecule has 0 spiro atoms. The number of hydrogen-bond acceptors (Lipinski definition) is 5. The largest absolute Gasteiger partial charge is 0.573 e. The van der Waals surface area contributed by atoms with Gasteiger partial charge in [0.1, 0.15) is 29.0 Å². The summed E-state index contributed by atoms with van der Waals surface area (Å²) in [6.45, 7) is 2.44. The molecule has 1 saturated carbocycles. The van der Waals surface area contributed by atoms with Gasteiger partial charge < -0.3 is 19.4 Å². The molecule has 1 N–H and O–H groups in total. The minimum atomic E-state index is -4.77.